The van der Waals surface area contributed by atoms with Gasteiger partial charge in [0.2, 0.25) is 15.9 Å². The summed E-state index contributed by atoms with van der Waals surface area (Å²) in [5, 5.41) is 0. The van der Waals surface area contributed by atoms with Gasteiger partial charge in [-0.25, -0.2) is 12.8 Å². The molecule has 2 heterocycles. The maximum absolute atomic E-state index is 13.5. The van der Waals surface area contributed by atoms with E-state index in [0.29, 0.717) is 18.8 Å². The van der Waals surface area contributed by atoms with Gasteiger partial charge in [-0.05, 0) is 23.8 Å². The Bertz CT molecular complexity index is 691. The Morgan fingerprint density at radius 1 is 1.43 bits per heavy atom. The first kappa shape index (κ1) is 14.3. The van der Waals surface area contributed by atoms with Crippen LogP contribution in [0.5, 0.6) is 5.75 Å². The molecule has 1 aromatic carbocycles. The predicted octanol–water partition coefficient (Wildman–Crippen LogP) is 0.208. The highest BCUT2D eigenvalue weighted by Crippen LogP contribution is 2.32. The van der Waals surface area contributed by atoms with Crippen LogP contribution < -0.4 is 10.5 Å². The Labute approximate surface area is 121 Å². The SMILES string of the molecule is NC(=O)[C@@H]1C[C@@H](F)CN1S(=O)(=O)c1ccc2c(c1)CCO2. The van der Waals surface area contributed by atoms with Gasteiger partial charge in [0.05, 0.1) is 11.5 Å². The fraction of sp³-hybridized carbons (Fsp3) is 0.462. The molecule has 3 rings (SSSR count). The van der Waals surface area contributed by atoms with Gasteiger partial charge in [0.15, 0.2) is 0 Å². The van der Waals surface area contributed by atoms with Gasteiger partial charge in [-0.2, -0.15) is 4.31 Å². The number of hydrogen-bond acceptors (Lipinski definition) is 4. The molecule has 1 fully saturated rings. The summed E-state index contributed by atoms with van der Waals surface area (Å²) in [4.78, 5) is 11.4. The number of halogens is 1. The van der Waals surface area contributed by atoms with Crippen LogP contribution in [0.2, 0.25) is 0 Å². The lowest BCUT2D eigenvalue weighted by Crippen LogP contribution is -2.43. The summed E-state index contributed by atoms with van der Waals surface area (Å²) in [6.45, 7) is 0.169. The molecule has 1 amide bonds. The van der Waals surface area contributed by atoms with Crippen LogP contribution in [-0.2, 0) is 21.2 Å². The smallest absolute Gasteiger partial charge is 0.243 e. The number of rotatable bonds is 3. The molecule has 0 bridgehead atoms. The Morgan fingerprint density at radius 3 is 2.90 bits per heavy atom. The zero-order chi connectivity index (χ0) is 15.2. The topological polar surface area (TPSA) is 89.7 Å². The van der Waals surface area contributed by atoms with E-state index >= 15 is 0 Å². The molecule has 0 spiro atoms. The zero-order valence-corrected chi connectivity index (χ0v) is 12.0. The molecule has 8 heteroatoms. The molecular weight excluding hydrogens is 299 g/mol. The van der Waals surface area contributed by atoms with Crippen molar-refractivity contribution in [2.24, 2.45) is 5.73 Å². The number of ether oxygens (including phenoxy) is 1. The quantitative estimate of drug-likeness (QED) is 0.863. The number of nitrogens with zero attached hydrogens (tertiary/aromatic N) is 1. The lowest BCUT2D eigenvalue weighted by molar-refractivity contribution is -0.121. The van der Waals surface area contributed by atoms with Crippen molar-refractivity contribution in [2.75, 3.05) is 13.2 Å². The van der Waals surface area contributed by atoms with Crippen molar-refractivity contribution in [2.45, 2.75) is 30.0 Å². The third-order valence-electron chi connectivity index (χ3n) is 3.80. The van der Waals surface area contributed by atoms with Crippen molar-refractivity contribution in [3.8, 4) is 5.75 Å². The number of sulfonamides is 1. The van der Waals surface area contributed by atoms with E-state index < -0.39 is 28.1 Å². The van der Waals surface area contributed by atoms with Crippen LogP contribution in [-0.4, -0.2) is 44.0 Å². The average molecular weight is 314 g/mol. The first-order valence-electron chi connectivity index (χ1n) is 6.60. The number of primary amides is 1. The van der Waals surface area contributed by atoms with Crippen molar-refractivity contribution < 1.29 is 22.3 Å². The van der Waals surface area contributed by atoms with Crippen LogP contribution in [0.3, 0.4) is 0 Å². The maximum atomic E-state index is 13.5. The fourth-order valence-electron chi connectivity index (χ4n) is 2.74. The standard InChI is InChI=1S/C13H15FN2O4S/c14-9-6-11(13(15)17)16(7-9)21(18,19)10-1-2-12-8(5-10)3-4-20-12/h1-2,5,9,11H,3-4,6-7H2,(H2,15,17)/t9-,11+/m1/s1. The summed E-state index contributed by atoms with van der Waals surface area (Å²) in [6.07, 6.45) is -0.943. The van der Waals surface area contributed by atoms with Crippen molar-refractivity contribution in [3.05, 3.63) is 23.8 Å². The molecule has 0 aliphatic carbocycles. The summed E-state index contributed by atoms with van der Waals surface area (Å²) < 4.78 is 44.9. The Kier molecular flexibility index (Phi) is 3.37. The molecule has 2 aliphatic rings. The number of nitrogens with two attached hydrogens (primary N) is 1. The second-order valence-electron chi connectivity index (χ2n) is 5.19. The van der Waals surface area contributed by atoms with Crippen LogP contribution in [0.1, 0.15) is 12.0 Å². The van der Waals surface area contributed by atoms with Gasteiger partial charge < -0.3 is 10.5 Å². The number of carbonyl (C=O) groups excluding carboxylic acids is 1. The van der Waals surface area contributed by atoms with Crippen molar-refractivity contribution in [1.82, 2.24) is 4.31 Å². The lowest BCUT2D eigenvalue weighted by atomic mass is 10.2. The van der Waals surface area contributed by atoms with Gasteiger partial charge in [0.25, 0.3) is 0 Å². The van der Waals surface area contributed by atoms with Crippen LogP contribution in [0.25, 0.3) is 0 Å². The van der Waals surface area contributed by atoms with Crippen molar-refractivity contribution >= 4 is 15.9 Å². The molecule has 114 valence electrons. The fourth-order valence-corrected chi connectivity index (χ4v) is 4.42. The normalized spacial score (nSPS) is 25.6. The molecule has 2 N–H and O–H groups in total. The molecule has 0 radical (unpaired) electrons. The van der Waals surface area contributed by atoms with E-state index in [-0.39, 0.29) is 17.9 Å². The number of carbonyl (C=O) groups is 1. The third-order valence-corrected chi connectivity index (χ3v) is 5.67. The minimum Gasteiger partial charge on any atom is -0.493 e. The van der Waals surface area contributed by atoms with Crippen LogP contribution in [0, 0.1) is 0 Å². The van der Waals surface area contributed by atoms with Crippen molar-refractivity contribution in [1.29, 1.82) is 0 Å². The summed E-state index contributed by atoms with van der Waals surface area (Å²) >= 11 is 0. The molecule has 2 atom stereocenters. The Balaban J connectivity index is 1.98. The molecule has 2 aliphatic heterocycles. The molecule has 6 nitrogen and oxygen atoms in total. The van der Waals surface area contributed by atoms with Gasteiger partial charge in [0.1, 0.15) is 18.0 Å². The highest BCUT2D eigenvalue weighted by molar-refractivity contribution is 7.89. The zero-order valence-electron chi connectivity index (χ0n) is 11.2. The highest BCUT2D eigenvalue weighted by Gasteiger charge is 2.43. The molecule has 21 heavy (non-hydrogen) atoms. The number of benzene rings is 1. The second-order valence-corrected chi connectivity index (χ2v) is 7.08. The molecular formula is C13H15FN2O4S. The van der Waals surface area contributed by atoms with Crippen molar-refractivity contribution in [3.63, 3.8) is 0 Å². The molecule has 0 aromatic heterocycles. The molecule has 0 saturated carbocycles. The first-order valence-corrected chi connectivity index (χ1v) is 8.04. The lowest BCUT2D eigenvalue weighted by Gasteiger charge is -2.21. The summed E-state index contributed by atoms with van der Waals surface area (Å²) in [7, 11) is -3.95. The number of fused-ring (bicyclic) bond motifs is 1. The van der Waals surface area contributed by atoms with Gasteiger partial charge >= 0.3 is 0 Å². The third kappa shape index (κ3) is 2.38. The predicted molar refractivity (Wildman–Crippen MR) is 72.0 cm³/mol. The number of amides is 1. The van der Waals surface area contributed by atoms with E-state index in [4.69, 9.17) is 10.5 Å². The minimum atomic E-state index is -3.95. The minimum absolute atomic E-state index is 0.0344. The van der Waals surface area contributed by atoms with Crippen LogP contribution >= 0.6 is 0 Å². The van der Waals surface area contributed by atoms with E-state index in [9.17, 15) is 17.6 Å². The van der Waals surface area contributed by atoms with E-state index in [1.807, 2.05) is 0 Å². The monoisotopic (exact) mass is 314 g/mol. The van der Waals surface area contributed by atoms with Gasteiger partial charge in [-0.1, -0.05) is 0 Å². The van der Waals surface area contributed by atoms with E-state index in [2.05, 4.69) is 0 Å². The van der Waals surface area contributed by atoms with E-state index in [1.165, 1.54) is 12.1 Å². The summed E-state index contributed by atoms with van der Waals surface area (Å²) in [5.41, 5.74) is 5.98. The number of alkyl halides is 1. The van der Waals surface area contributed by atoms with Crippen LogP contribution in [0.15, 0.2) is 23.1 Å². The van der Waals surface area contributed by atoms with E-state index in [1.54, 1.807) is 6.07 Å². The first-order chi connectivity index (χ1) is 9.89. The van der Waals surface area contributed by atoms with Gasteiger partial charge in [-0.3, -0.25) is 4.79 Å². The van der Waals surface area contributed by atoms with Gasteiger partial charge in [-0.15, -0.1) is 0 Å². The molecule has 1 saturated heterocycles. The Morgan fingerprint density at radius 2 is 2.19 bits per heavy atom. The second kappa shape index (κ2) is 4.96. The van der Waals surface area contributed by atoms with Crippen LogP contribution in [0.4, 0.5) is 4.39 Å². The number of hydrogen-bond donors (Lipinski definition) is 1. The highest BCUT2D eigenvalue weighted by atomic mass is 32.2. The molecule has 0 unspecified atom stereocenters. The Hall–Kier alpha value is -1.67. The maximum Gasteiger partial charge on any atom is 0.243 e. The summed E-state index contributed by atoms with van der Waals surface area (Å²) in [6, 6.07) is 3.37. The molecule has 1 aromatic rings. The summed E-state index contributed by atoms with van der Waals surface area (Å²) in [5.74, 6) is -0.173. The van der Waals surface area contributed by atoms with Gasteiger partial charge in [0, 0.05) is 19.4 Å². The largest absolute Gasteiger partial charge is 0.493 e. The average Bonchev–Trinajstić information content (AvgIpc) is 3.03. The van der Waals surface area contributed by atoms with E-state index in [0.717, 1.165) is 9.87 Å².